The van der Waals surface area contributed by atoms with Crippen LogP contribution < -0.4 is 15.8 Å². The van der Waals surface area contributed by atoms with E-state index in [4.69, 9.17) is 15.2 Å². The van der Waals surface area contributed by atoms with Crippen LogP contribution in [0.25, 0.3) is 0 Å². The molecule has 0 saturated carbocycles. The molecule has 0 saturated heterocycles. The molecule has 1 rings (SSSR count). The molecule has 1 unspecified atom stereocenters. The van der Waals surface area contributed by atoms with Gasteiger partial charge in [0.15, 0.2) is 0 Å². The first-order valence-corrected chi connectivity index (χ1v) is 5.65. The van der Waals surface area contributed by atoms with Crippen molar-refractivity contribution < 1.29 is 9.47 Å². The summed E-state index contributed by atoms with van der Waals surface area (Å²) in [5, 5.41) is 7.68. The van der Waals surface area contributed by atoms with E-state index in [2.05, 4.69) is 10.4 Å². The highest BCUT2D eigenvalue weighted by Crippen LogP contribution is 2.27. The van der Waals surface area contributed by atoms with Gasteiger partial charge in [-0.2, -0.15) is 5.10 Å². The van der Waals surface area contributed by atoms with Crippen molar-refractivity contribution in [3.05, 3.63) is 11.3 Å². The minimum Gasteiger partial charge on any atom is -0.481 e. The van der Waals surface area contributed by atoms with Crippen molar-refractivity contribution in [2.75, 3.05) is 33.9 Å². The Morgan fingerprint density at radius 2 is 2.18 bits per heavy atom. The van der Waals surface area contributed by atoms with Gasteiger partial charge in [-0.1, -0.05) is 0 Å². The Labute approximate surface area is 102 Å². The molecular weight excluding hydrogens is 220 g/mol. The van der Waals surface area contributed by atoms with E-state index in [0.29, 0.717) is 13.2 Å². The van der Waals surface area contributed by atoms with E-state index < -0.39 is 0 Å². The second-order valence-corrected chi connectivity index (χ2v) is 3.87. The first kappa shape index (κ1) is 14.0. The van der Waals surface area contributed by atoms with Crippen LogP contribution in [0.15, 0.2) is 0 Å². The first-order valence-electron chi connectivity index (χ1n) is 5.65. The van der Waals surface area contributed by atoms with Gasteiger partial charge in [-0.05, 0) is 6.92 Å². The number of aromatic nitrogens is 2. The highest BCUT2D eigenvalue weighted by Gasteiger charge is 2.21. The van der Waals surface area contributed by atoms with Gasteiger partial charge in [0.05, 0.1) is 31.0 Å². The molecule has 0 fully saturated rings. The first-order chi connectivity index (χ1) is 8.15. The van der Waals surface area contributed by atoms with Crippen molar-refractivity contribution in [1.29, 1.82) is 0 Å². The molecule has 98 valence electrons. The van der Waals surface area contributed by atoms with Gasteiger partial charge in [-0.25, -0.2) is 4.68 Å². The highest BCUT2D eigenvalue weighted by atomic mass is 16.5. The van der Waals surface area contributed by atoms with E-state index in [1.807, 2.05) is 14.0 Å². The molecule has 0 aliphatic heterocycles. The Hall–Kier alpha value is -1.11. The number of ether oxygens (including phenoxy) is 2. The zero-order valence-electron chi connectivity index (χ0n) is 11.0. The smallest absolute Gasteiger partial charge is 0.216 e. The fourth-order valence-electron chi connectivity index (χ4n) is 1.94. The summed E-state index contributed by atoms with van der Waals surface area (Å²) < 4.78 is 12.1. The summed E-state index contributed by atoms with van der Waals surface area (Å²) in [6.45, 7) is 3.85. The normalized spacial score (nSPS) is 12.8. The highest BCUT2D eigenvalue weighted by molar-refractivity contribution is 5.34. The maximum absolute atomic E-state index is 5.79. The lowest BCUT2D eigenvalue weighted by Crippen LogP contribution is -2.31. The van der Waals surface area contributed by atoms with Crippen molar-refractivity contribution in [3.63, 3.8) is 0 Å². The summed E-state index contributed by atoms with van der Waals surface area (Å²) in [6, 6.07) is 0.0359. The summed E-state index contributed by atoms with van der Waals surface area (Å²) in [6.07, 6.45) is 0. The van der Waals surface area contributed by atoms with E-state index in [1.165, 1.54) is 0 Å². The molecule has 6 nitrogen and oxygen atoms in total. The molecule has 17 heavy (non-hydrogen) atoms. The third kappa shape index (κ3) is 3.18. The van der Waals surface area contributed by atoms with Crippen molar-refractivity contribution in [2.45, 2.75) is 13.0 Å². The lowest BCUT2D eigenvalue weighted by molar-refractivity contribution is 0.195. The van der Waals surface area contributed by atoms with Gasteiger partial charge in [-0.3, -0.25) is 0 Å². The molecule has 0 aliphatic rings. The maximum Gasteiger partial charge on any atom is 0.216 e. The van der Waals surface area contributed by atoms with Crippen molar-refractivity contribution >= 4 is 0 Å². The molecule has 1 aromatic heterocycles. The minimum atomic E-state index is 0.0359. The van der Waals surface area contributed by atoms with E-state index in [0.717, 1.165) is 23.7 Å². The fraction of sp³-hybridized carbons (Fsp3) is 0.727. The Morgan fingerprint density at radius 3 is 2.71 bits per heavy atom. The lowest BCUT2D eigenvalue weighted by atomic mass is 10.1. The molecular formula is C11H22N4O2. The van der Waals surface area contributed by atoms with Crippen LogP contribution in [0.3, 0.4) is 0 Å². The van der Waals surface area contributed by atoms with E-state index in [1.54, 1.807) is 18.9 Å². The van der Waals surface area contributed by atoms with Gasteiger partial charge in [0.1, 0.15) is 0 Å². The summed E-state index contributed by atoms with van der Waals surface area (Å²) in [4.78, 5) is 0. The summed E-state index contributed by atoms with van der Waals surface area (Å²) >= 11 is 0. The summed E-state index contributed by atoms with van der Waals surface area (Å²) in [5.41, 5.74) is 7.75. The molecule has 3 N–H and O–H groups in total. The Balaban J connectivity index is 2.86. The van der Waals surface area contributed by atoms with Crippen molar-refractivity contribution in [1.82, 2.24) is 15.1 Å². The van der Waals surface area contributed by atoms with E-state index >= 15 is 0 Å². The molecule has 0 radical (unpaired) electrons. The zero-order chi connectivity index (χ0) is 12.8. The van der Waals surface area contributed by atoms with Crippen LogP contribution in [-0.2, 0) is 11.8 Å². The van der Waals surface area contributed by atoms with Crippen molar-refractivity contribution in [3.8, 4) is 5.88 Å². The number of hydrogen-bond donors (Lipinski definition) is 2. The number of nitrogens with one attached hydrogen (secondary N) is 1. The Kier molecular flexibility index (Phi) is 5.40. The largest absolute Gasteiger partial charge is 0.481 e. The maximum atomic E-state index is 5.79. The third-order valence-electron chi connectivity index (χ3n) is 2.69. The molecule has 0 aromatic carbocycles. The standard InChI is InChI=1S/C11H22N4O2/c1-8-10(11(17-4)15(2)14-8)9(7-12)13-5-6-16-3/h9,13H,5-7,12H2,1-4H3. The fourth-order valence-corrected chi connectivity index (χ4v) is 1.94. The van der Waals surface area contributed by atoms with Gasteiger partial charge in [-0.15, -0.1) is 0 Å². The minimum absolute atomic E-state index is 0.0359. The topological polar surface area (TPSA) is 74.3 Å². The lowest BCUT2D eigenvalue weighted by Gasteiger charge is -2.17. The molecule has 0 aliphatic carbocycles. The Morgan fingerprint density at radius 1 is 1.47 bits per heavy atom. The van der Waals surface area contributed by atoms with Crippen LogP contribution in [-0.4, -0.2) is 43.7 Å². The number of hydrogen-bond acceptors (Lipinski definition) is 5. The van der Waals surface area contributed by atoms with Crippen LogP contribution >= 0.6 is 0 Å². The van der Waals surface area contributed by atoms with Crippen LogP contribution in [0.4, 0.5) is 0 Å². The molecule has 1 heterocycles. The average molecular weight is 242 g/mol. The number of rotatable bonds is 7. The molecule has 0 spiro atoms. The Bertz CT molecular complexity index is 351. The van der Waals surface area contributed by atoms with E-state index in [-0.39, 0.29) is 6.04 Å². The number of methoxy groups -OCH3 is 2. The average Bonchev–Trinajstić information content (AvgIpc) is 2.59. The summed E-state index contributed by atoms with van der Waals surface area (Å²) in [5.74, 6) is 0.753. The van der Waals surface area contributed by atoms with Crippen LogP contribution in [0.5, 0.6) is 5.88 Å². The van der Waals surface area contributed by atoms with Gasteiger partial charge < -0.3 is 20.5 Å². The number of aryl methyl sites for hydroxylation is 2. The van der Waals surface area contributed by atoms with Gasteiger partial charge in [0.25, 0.3) is 0 Å². The molecule has 1 atom stereocenters. The van der Waals surface area contributed by atoms with Crippen LogP contribution in [0, 0.1) is 6.92 Å². The quantitative estimate of drug-likeness (QED) is 0.657. The molecule has 1 aromatic rings. The molecule has 0 bridgehead atoms. The van der Waals surface area contributed by atoms with Crippen LogP contribution in [0.1, 0.15) is 17.3 Å². The van der Waals surface area contributed by atoms with Gasteiger partial charge in [0.2, 0.25) is 5.88 Å². The predicted octanol–water partition coefficient (Wildman–Crippen LogP) is -0.0271. The molecule has 6 heteroatoms. The second kappa shape index (κ2) is 6.58. The molecule has 0 amide bonds. The summed E-state index contributed by atoms with van der Waals surface area (Å²) in [7, 11) is 5.18. The van der Waals surface area contributed by atoms with Crippen molar-refractivity contribution in [2.24, 2.45) is 12.8 Å². The number of nitrogens with zero attached hydrogens (tertiary/aromatic N) is 2. The zero-order valence-corrected chi connectivity index (χ0v) is 11.0. The second-order valence-electron chi connectivity index (χ2n) is 3.87. The predicted molar refractivity (Wildman–Crippen MR) is 66.2 cm³/mol. The number of nitrogens with two attached hydrogens (primary N) is 1. The van der Waals surface area contributed by atoms with Crippen LogP contribution in [0.2, 0.25) is 0 Å². The van der Waals surface area contributed by atoms with E-state index in [9.17, 15) is 0 Å². The monoisotopic (exact) mass is 242 g/mol. The van der Waals surface area contributed by atoms with Gasteiger partial charge in [0, 0.05) is 27.2 Å². The SMILES string of the molecule is COCCNC(CN)c1c(C)nn(C)c1OC. The van der Waals surface area contributed by atoms with Gasteiger partial charge >= 0.3 is 0 Å². The third-order valence-corrected chi connectivity index (χ3v) is 2.69.